The average Bonchev–Trinajstić information content (AvgIpc) is 2.94. The minimum atomic E-state index is -0.171. The first kappa shape index (κ1) is 14.2. The van der Waals surface area contributed by atoms with Crippen LogP contribution in [0.25, 0.3) is 0 Å². The summed E-state index contributed by atoms with van der Waals surface area (Å²) >= 11 is 1.73. The van der Waals surface area contributed by atoms with Crippen LogP contribution in [0.4, 0.5) is 4.39 Å². The summed E-state index contributed by atoms with van der Waals surface area (Å²) in [5, 5.41) is 2.06. The molecule has 2 N–H and O–H groups in total. The van der Waals surface area contributed by atoms with Gasteiger partial charge in [-0.3, -0.25) is 4.90 Å². The second kappa shape index (κ2) is 6.28. The summed E-state index contributed by atoms with van der Waals surface area (Å²) in [7, 11) is 2.01. The lowest BCUT2D eigenvalue weighted by Gasteiger charge is -2.24. The van der Waals surface area contributed by atoms with E-state index in [4.69, 9.17) is 5.73 Å². The van der Waals surface area contributed by atoms with Gasteiger partial charge in [0.15, 0.2) is 0 Å². The molecule has 1 aromatic heterocycles. The third-order valence-electron chi connectivity index (χ3n) is 3.41. The van der Waals surface area contributed by atoms with Gasteiger partial charge < -0.3 is 5.73 Å². The number of nitrogens with zero attached hydrogens (tertiary/aromatic N) is 1. The van der Waals surface area contributed by atoms with Crippen LogP contribution in [0.1, 0.15) is 29.0 Å². The normalized spacial score (nSPS) is 12.9. The molecule has 0 aliphatic heterocycles. The molecule has 1 aromatic carbocycles. The highest BCUT2D eigenvalue weighted by Crippen LogP contribution is 2.25. The van der Waals surface area contributed by atoms with Gasteiger partial charge in [-0.05, 0) is 25.4 Å². The Morgan fingerprint density at radius 1 is 1.26 bits per heavy atom. The molecule has 2 aromatic rings. The van der Waals surface area contributed by atoms with Crippen molar-refractivity contribution in [2.75, 3.05) is 7.05 Å². The van der Waals surface area contributed by atoms with Crippen LogP contribution in [-0.4, -0.2) is 11.9 Å². The van der Waals surface area contributed by atoms with Gasteiger partial charge in [0.25, 0.3) is 0 Å². The van der Waals surface area contributed by atoms with E-state index in [9.17, 15) is 4.39 Å². The lowest BCUT2D eigenvalue weighted by atomic mass is 10.1. The van der Waals surface area contributed by atoms with Crippen LogP contribution in [0.2, 0.25) is 0 Å². The first-order valence-corrected chi connectivity index (χ1v) is 7.21. The lowest BCUT2D eigenvalue weighted by molar-refractivity contribution is 0.252. The van der Waals surface area contributed by atoms with Gasteiger partial charge in [-0.1, -0.05) is 24.3 Å². The highest BCUT2D eigenvalue weighted by molar-refractivity contribution is 7.10. The number of rotatable bonds is 5. The Labute approximate surface area is 117 Å². The van der Waals surface area contributed by atoms with Gasteiger partial charge in [-0.25, -0.2) is 4.39 Å². The molecule has 0 radical (unpaired) electrons. The van der Waals surface area contributed by atoms with Gasteiger partial charge in [0.2, 0.25) is 0 Å². The SMILES string of the molecule is CC(c1cccs1)N(C)Cc1cccc(CN)c1F. The largest absolute Gasteiger partial charge is 0.326 e. The molecule has 0 aliphatic rings. The van der Waals surface area contributed by atoms with Gasteiger partial charge in [0.05, 0.1) is 0 Å². The summed E-state index contributed by atoms with van der Waals surface area (Å²) in [6, 6.07) is 9.86. The smallest absolute Gasteiger partial charge is 0.132 e. The molecule has 0 saturated heterocycles. The zero-order valence-corrected chi connectivity index (χ0v) is 12.1. The summed E-state index contributed by atoms with van der Waals surface area (Å²) in [6.45, 7) is 2.96. The molecule has 0 saturated carbocycles. The fourth-order valence-corrected chi connectivity index (χ4v) is 2.91. The highest BCUT2D eigenvalue weighted by Gasteiger charge is 2.15. The van der Waals surface area contributed by atoms with Crippen molar-refractivity contribution in [2.45, 2.75) is 26.1 Å². The van der Waals surface area contributed by atoms with Gasteiger partial charge in [0, 0.05) is 35.1 Å². The van der Waals surface area contributed by atoms with Gasteiger partial charge in [-0.2, -0.15) is 0 Å². The molecule has 0 bridgehead atoms. The summed E-state index contributed by atoms with van der Waals surface area (Å²) in [5.74, 6) is -0.171. The van der Waals surface area contributed by atoms with E-state index >= 15 is 0 Å². The van der Waals surface area contributed by atoms with E-state index < -0.39 is 0 Å². The van der Waals surface area contributed by atoms with Gasteiger partial charge in [-0.15, -0.1) is 11.3 Å². The molecule has 0 spiro atoms. The van der Waals surface area contributed by atoms with Crippen molar-refractivity contribution in [1.82, 2.24) is 4.90 Å². The Hall–Kier alpha value is -1.23. The number of halogens is 1. The molecular weight excluding hydrogens is 259 g/mol. The maximum Gasteiger partial charge on any atom is 0.132 e. The predicted octanol–water partition coefficient (Wildman–Crippen LogP) is 3.54. The molecule has 1 unspecified atom stereocenters. The predicted molar refractivity (Wildman–Crippen MR) is 78.5 cm³/mol. The van der Waals surface area contributed by atoms with E-state index in [1.165, 1.54) is 4.88 Å². The molecule has 2 rings (SSSR count). The quantitative estimate of drug-likeness (QED) is 0.906. The minimum Gasteiger partial charge on any atom is -0.326 e. The maximum atomic E-state index is 14.1. The third-order valence-corrected chi connectivity index (χ3v) is 4.46. The Morgan fingerprint density at radius 2 is 2.00 bits per heavy atom. The summed E-state index contributed by atoms with van der Waals surface area (Å²) in [5.41, 5.74) is 6.82. The number of nitrogens with two attached hydrogens (primary N) is 1. The molecule has 1 heterocycles. The van der Waals surface area contributed by atoms with Gasteiger partial charge in [0.1, 0.15) is 5.82 Å². The third kappa shape index (κ3) is 3.21. The van der Waals surface area contributed by atoms with E-state index in [0.29, 0.717) is 17.7 Å². The summed E-state index contributed by atoms with van der Waals surface area (Å²) in [4.78, 5) is 3.43. The summed E-state index contributed by atoms with van der Waals surface area (Å²) < 4.78 is 14.1. The molecule has 19 heavy (non-hydrogen) atoms. The fraction of sp³-hybridized carbons (Fsp3) is 0.333. The monoisotopic (exact) mass is 278 g/mol. The van der Waals surface area contributed by atoms with Crippen molar-refractivity contribution >= 4 is 11.3 Å². The lowest BCUT2D eigenvalue weighted by Crippen LogP contribution is -2.22. The number of benzene rings is 1. The van der Waals surface area contributed by atoms with E-state index in [1.807, 2.05) is 25.2 Å². The van der Waals surface area contributed by atoms with Crippen molar-refractivity contribution in [3.8, 4) is 0 Å². The zero-order chi connectivity index (χ0) is 13.8. The van der Waals surface area contributed by atoms with Crippen LogP contribution in [0.3, 0.4) is 0 Å². The average molecular weight is 278 g/mol. The van der Waals surface area contributed by atoms with Crippen LogP contribution in [-0.2, 0) is 13.1 Å². The van der Waals surface area contributed by atoms with E-state index in [2.05, 4.69) is 23.3 Å². The van der Waals surface area contributed by atoms with Crippen molar-refractivity contribution in [1.29, 1.82) is 0 Å². The second-order valence-electron chi connectivity index (χ2n) is 4.70. The number of hydrogen-bond acceptors (Lipinski definition) is 3. The molecule has 0 aliphatic carbocycles. The van der Waals surface area contributed by atoms with Crippen LogP contribution in [0, 0.1) is 5.82 Å². The van der Waals surface area contributed by atoms with Crippen molar-refractivity contribution < 1.29 is 4.39 Å². The number of hydrogen-bond donors (Lipinski definition) is 1. The fourth-order valence-electron chi connectivity index (χ4n) is 2.06. The highest BCUT2D eigenvalue weighted by atomic mass is 32.1. The van der Waals surface area contributed by atoms with Crippen LogP contribution in [0.15, 0.2) is 35.7 Å². The number of thiophene rings is 1. The molecule has 1 atom stereocenters. The first-order chi connectivity index (χ1) is 9.13. The standard InChI is InChI=1S/C15H19FN2S/c1-11(14-7-4-8-19-14)18(2)10-13-6-3-5-12(9-17)15(13)16/h3-8,11H,9-10,17H2,1-2H3. The molecule has 102 valence electrons. The zero-order valence-electron chi connectivity index (χ0n) is 11.3. The van der Waals surface area contributed by atoms with E-state index in [1.54, 1.807) is 17.4 Å². The Morgan fingerprint density at radius 3 is 2.63 bits per heavy atom. The second-order valence-corrected chi connectivity index (χ2v) is 5.68. The minimum absolute atomic E-state index is 0.171. The van der Waals surface area contributed by atoms with Crippen molar-refractivity contribution in [2.24, 2.45) is 5.73 Å². The van der Waals surface area contributed by atoms with E-state index in [-0.39, 0.29) is 18.4 Å². The van der Waals surface area contributed by atoms with E-state index in [0.717, 1.165) is 0 Å². The van der Waals surface area contributed by atoms with Crippen LogP contribution in [0.5, 0.6) is 0 Å². The maximum absolute atomic E-state index is 14.1. The van der Waals surface area contributed by atoms with Crippen LogP contribution >= 0.6 is 11.3 Å². The topological polar surface area (TPSA) is 29.3 Å². The Balaban J connectivity index is 2.13. The Kier molecular flexibility index (Phi) is 4.69. The van der Waals surface area contributed by atoms with Gasteiger partial charge >= 0.3 is 0 Å². The molecule has 2 nitrogen and oxygen atoms in total. The summed E-state index contributed by atoms with van der Waals surface area (Å²) in [6.07, 6.45) is 0. The Bertz CT molecular complexity index is 525. The molecule has 0 amide bonds. The molecule has 0 fully saturated rings. The van der Waals surface area contributed by atoms with Crippen LogP contribution < -0.4 is 5.73 Å². The van der Waals surface area contributed by atoms with Crippen molar-refractivity contribution in [3.05, 3.63) is 57.5 Å². The molecular formula is C15H19FN2S. The van der Waals surface area contributed by atoms with Crippen molar-refractivity contribution in [3.63, 3.8) is 0 Å². The molecule has 4 heteroatoms. The first-order valence-electron chi connectivity index (χ1n) is 6.33.